The van der Waals surface area contributed by atoms with Crippen LogP contribution in [0.1, 0.15) is 37.1 Å². The summed E-state index contributed by atoms with van der Waals surface area (Å²) in [4.78, 5) is 13.3. The van der Waals surface area contributed by atoms with Gasteiger partial charge in [-0.1, -0.05) is 0 Å². The highest BCUT2D eigenvalue weighted by molar-refractivity contribution is 5.85. The Labute approximate surface area is 122 Å². The van der Waals surface area contributed by atoms with Crippen molar-refractivity contribution in [1.82, 2.24) is 19.5 Å². The van der Waals surface area contributed by atoms with Gasteiger partial charge in [0.25, 0.3) is 0 Å². The largest absolute Gasteiger partial charge is 0.449 e. The van der Waals surface area contributed by atoms with E-state index in [4.69, 9.17) is 4.42 Å². The first-order chi connectivity index (χ1) is 10.4. The molecule has 0 saturated heterocycles. The zero-order chi connectivity index (χ0) is 14.2. The summed E-state index contributed by atoms with van der Waals surface area (Å²) in [7, 11) is 1.90. The molecule has 1 aliphatic rings. The molecule has 1 saturated carbocycles. The molecule has 0 radical (unpaired) electrons. The van der Waals surface area contributed by atoms with Gasteiger partial charge >= 0.3 is 0 Å². The van der Waals surface area contributed by atoms with Gasteiger partial charge in [0.05, 0.1) is 18.2 Å². The number of anilines is 1. The Hall–Kier alpha value is -2.37. The number of fused-ring (bicyclic) bond motifs is 1. The minimum absolute atomic E-state index is 0.398. The predicted molar refractivity (Wildman–Crippen MR) is 79.2 cm³/mol. The maximum absolute atomic E-state index is 5.45. The molecule has 108 valence electrons. The van der Waals surface area contributed by atoms with E-state index in [2.05, 4.69) is 24.8 Å². The molecule has 3 aromatic rings. The third-order valence-electron chi connectivity index (χ3n) is 4.33. The van der Waals surface area contributed by atoms with Gasteiger partial charge in [0, 0.05) is 25.2 Å². The molecule has 3 aromatic heterocycles. The van der Waals surface area contributed by atoms with Gasteiger partial charge in [-0.15, -0.1) is 0 Å². The van der Waals surface area contributed by atoms with Crippen LogP contribution in [0, 0.1) is 0 Å². The summed E-state index contributed by atoms with van der Waals surface area (Å²) in [5, 5.41) is 3.16. The van der Waals surface area contributed by atoms with Crippen molar-refractivity contribution in [3.8, 4) is 0 Å². The lowest BCUT2D eigenvalue weighted by Gasteiger charge is -2.12. The van der Waals surface area contributed by atoms with E-state index in [0.717, 1.165) is 42.0 Å². The van der Waals surface area contributed by atoms with Crippen LogP contribution in [-0.4, -0.2) is 26.6 Å². The van der Waals surface area contributed by atoms with Crippen molar-refractivity contribution in [2.24, 2.45) is 0 Å². The highest BCUT2D eigenvalue weighted by Gasteiger charge is 2.30. The van der Waals surface area contributed by atoms with E-state index in [1.807, 2.05) is 25.6 Å². The Morgan fingerprint density at radius 1 is 1.24 bits per heavy atom. The maximum atomic E-state index is 5.45. The van der Waals surface area contributed by atoms with Gasteiger partial charge in [0.15, 0.2) is 11.5 Å². The number of oxazole rings is 1. The van der Waals surface area contributed by atoms with Crippen LogP contribution >= 0.6 is 0 Å². The highest BCUT2D eigenvalue weighted by atomic mass is 16.3. The molecule has 2 atom stereocenters. The smallest absolute Gasteiger partial charge is 0.197 e. The van der Waals surface area contributed by atoms with Crippen LogP contribution in [0.4, 0.5) is 5.69 Å². The molecule has 1 aliphatic carbocycles. The summed E-state index contributed by atoms with van der Waals surface area (Å²) in [6.07, 6.45) is 10.3. The van der Waals surface area contributed by atoms with Crippen LogP contribution in [0.3, 0.4) is 0 Å². The average molecular weight is 283 g/mol. The monoisotopic (exact) mass is 283 g/mol. The van der Waals surface area contributed by atoms with Gasteiger partial charge in [-0.05, 0) is 25.3 Å². The van der Waals surface area contributed by atoms with Gasteiger partial charge < -0.3 is 14.3 Å². The van der Waals surface area contributed by atoms with E-state index in [-0.39, 0.29) is 0 Å². The SMILES string of the molecule is CNc1ccnc2c1ncn2C1CCC(c2ncco2)C1. The van der Waals surface area contributed by atoms with Crippen LogP contribution in [0.5, 0.6) is 0 Å². The molecule has 6 nitrogen and oxygen atoms in total. The van der Waals surface area contributed by atoms with Crippen LogP contribution < -0.4 is 5.32 Å². The summed E-state index contributed by atoms with van der Waals surface area (Å²) in [6, 6.07) is 2.36. The second-order valence-electron chi connectivity index (χ2n) is 5.47. The summed E-state index contributed by atoms with van der Waals surface area (Å²) in [6.45, 7) is 0. The molecule has 0 aliphatic heterocycles. The third kappa shape index (κ3) is 1.98. The van der Waals surface area contributed by atoms with Gasteiger partial charge in [0.2, 0.25) is 0 Å². The topological polar surface area (TPSA) is 68.8 Å². The quantitative estimate of drug-likeness (QED) is 0.800. The first-order valence-corrected chi connectivity index (χ1v) is 7.25. The Balaban J connectivity index is 1.66. The minimum Gasteiger partial charge on any atom is -0.449 e. The van der Waals surface area contributed by atoms with Crippen LogP contribution in [0.25, 0.3) is 11.2 Å². The van der Waals surface area contributed by atoms with Crippen LogP contribution in [0.2, 0.25) is 0 Å². The fraction of sp³-hybridized carbons (Fsp3) is 0.400. The molecule has 3 heterocycles. The lowest BCUT2D eigenvalue weighted by molar-refractivity contribution is 0.436. The highest BCUT2D eigenvalue weighted by Crippen LogP contribution is 2.41. The Morgan fingerprint density at radius 2 is 2.19 bits per heavy atom. The van der Waals surface area contributed by atoms with Gasteiger partial charge in [-0.2, -0.15) is 0 Å². The molecule has 4 rings (SSSR count). The van der Waals surface area contributed by atoms with Gasteiger partial charge in [-0.25, -0.2) is 15.0 Å². The summed E-state index contributed by atoms with van der Waals surface area (Å²) in [5.74, 6) is 1.25. The fourth-order valence-electron chi connectivity index (χ4n) is 3.27. The van der Waals surface area contributed by atoms with E-state index in [1.54, 1.807) is 12.5 Å². The summed E-state index contributed by atoms with van der Waals surface area (Å²) < 4.78 is 7.64. The zero-order valence-electron chi connectivity index (χ0n) is 11.9. The normalized spacial score (nSPS) is 22.0. The molecule has 1 fully saturated rings. The van der Waals surface area contributed by atoms with Gasteiger partial charge in [0.1, 0.15) is 11.8 Å². The predicted octanol–water partition coefficient (Wildman–Crippen LogP) is 2.97. The molecule has 0 amide bonds. The van der Waals surface area contributed by atoms with Crippen molar-refractivity contribution in [1.29, 1.82) is 0 Å². The number of imidazole rings is 1. The van der Waals surface area contributed by atoms with Crippen molar-refractivity contribution in [3.63, 3.8) is 0 Å². The Bertz CT molecular complexity index is 749. The molecular weight excluding hydrogens is 266 g/mol. The maximum Gasteiger partial charge on any atom is 0.197 e. The van der Waals surface area contributed by atoms with Crippen molar-refractivity contribution in [2.45, 2.75) is 31.2 Å². The molecule has 21 heavy (non-hydrogen) atoms. The second kappa shape index (κ2) is 4.87. The van der Waals surface area contributed by atoms with E-state index in [0.29, 0.717) is 12.0 Å². The molecular formula is C15H17N5O. The minimum atomic E-state index is 0.398. The molecule has 6 heteroatoms. The lowest BCUT2D eigenvalue weighted by atomic mass is 10.1. The van der Waals surface area contributed by atoms with Crippen LogP contribution in [0.15, 0.2) is 35.5 Å². The first kappa shape index (κ1) is 12.4. The number of rotatable bonds is 3. The molecule has 0 spiro atoms. The number of hydrogen-bond acceptors (Lipinski definition) is 5. The Kier molecular flexibility index (Phi) is 2.87. The third-order valence-corrected chi connectivity index (χ3v) is 4.33. The van der Waals surface area contributed by atoms with Gasteiger partial charge in [-0.3, -0.25) is 0 Å². The first-order valence-electron chi connectivity index (χ1n) is 7.25. The van der Waals surface area contributed by atoms with Crippen LogP contribution in [-0.2, 0) is 0 Å². The Morgan fingerprint density at radius 3 is 3.00 bits per heavy atom. The zero-order valence-corrected chi connectivity index (χ0v) is 11.9. The fourth-order valence-corrected chi connectivity index (χ4v) is 3.27. The average Bonchev–Trinajstić information content (AvgIpc) is 3.24. The van der Waals surface area contributed by atoms with Crippen molar-refractivity contribution in [2.75, 3.05) is 12.4 Å². The molecule has 0 aromatic carbocycles. The molecule has 2 unspecified atom stereocenters. The van der Waals surface area contributed by atoms with E-state index in [1.165, 1.54) is 0 Å². The number of aromatic nitrogens is 4. The number of nitrogens with zero attached hydrogens (tertiary/aromatic N) is 4. The molecule has 0 bridgehead atoms. The summed E-state index contributed by atoms with van der Waals surface area (Å²) in [5.41, 5.74) is 2.89. The number of pyridine rings is 1. The number of nitrogens with one attached hydrogen (secondary N) is 1. The number of hydrogen-bond donors (Lipinski definition) is 1. The van der Waals surface area contributed by atoms with E-state index >= 15 is 0 Å². The molecule has 1 N–H and O–H groups in total. The summed E-state index contributed by atoms with van der Waals surface area (Å²) >= 11 is 0. The van der Waals surface area contributed by atoms with E-state index < -0.39 is 0 Å². The van der Waals surface area contributed by atoms with Crippen molar-refractivity contribution < 1.29 is 4.42 Å². The van der Waals surface area contributed by atoms with E-state index in [9.17, 15) is 0 Å². The standard InChI is InChI=1S/C15H17N5O/c1-16-12-4-5-17-14-13(12)19-9-20(14)11-3-2-10(8-11)15-18-6-7-21-15/h4-7,9-11H,2-3,8H2,1H3,(H,16,17). The second-order valence-corrected chi connectivity index (χ2v) is 5.47. The van der Waals surface area contributed by atoms with Crippen molar-refractivity contribution >= 4 is 16.9 Å². The lowest BCUT2D eigenvalue weighted by Crippen LogP contribution is -2.05. The van der Waals surface area contributed by atoms with Crippen molar-refractivity contribution in [3.05, 3.63) is 36.9 Å².